The molecular weight excluding hydrogens is 190 g/mol. The number of hydrogen-bond acceptors (Lipinski definition) is 3. The maximum atomic E-state index is 11.0. The van der Waals surface area contributed by atoms with Gasteiger partial charge in [0.15, 0.2) is 0 Å². The highest BCUT2D eigenvalue weighted by Gasteiger charge is 2.00. The maximum absolute atomic E-state index is 11.0. The first kappa shape index (κ1) is 9.67. The predicted molar refractivity (Wildman–Crippen MR) is 55.0 cm³/mol. The molecule has 0 unspecified atom stereocenters. The fourth-order valence-corrected chi connectivity index (χ4v) is 0.903. The van der Waals surface area contributed by atoms with Crippen molar-refractivity contribution in [3.63, 3.8) is 0 Å². The van der Waals surface area contributed by atoms with Crippen molar-refractivity contribution < 1.29 is 0 Å². The van der Waals surface area contributed by atoms with E-state index in [2.05, 4.69) is 16.9 Å². The molecule has 5 heteroatoms. The van der Waals surface area contributed by atoms with E-state index in [-0.39, 0.29) is 11.2 Å². The van der Waals surface area contributed by atoms with Crippen molar-refractivity contribution in [3.8, 4) is 0 Å². The van der Waals surface area contributed by atoms with Crippen LogP contribution in [0.3, 0.4) is 0 Å². The molecule has 4 N–H and O–H groups in total. The highest BCUT2D eigenvalue weighted by Crippen LogP contribution is 2.12. The molecule has 0 spiro atoms. The van der Waals surface area contributed by atoms with Crippen LogP contribution in [0.15, 0.2) is 28.7 Å². The van der Waals surface area contributed by atoms with Gasteiger partial charge in [0.25, 0.3) is 5.56 Å². The summed E-state index contributed by atoms with van der Waals surface area (Å²) in [4.78, 5) is 13.5. The van der Waals surface area contributed by atoms with Gasteiger partial charge in [-0.2, -0.15) is 0 Å². The second-order valence-electron chi connectivity index (χ2n) is 2.50. The number of hydrogen-bond donors (Lipinski definition) is 3. The molecule has 0 saturated heterocycles. The van der Waals surface area contributed by atoms with Crippen LogP contribution in [0.25, 0.3) is 0 Å². The van der Waals surface area contributed by atoms with Crippen LogP contribution in [-0.4, -0.2) is 11.5 Å². The van der Waals surface area contributed by atoms with Crippen molar-refractivity contribution >= 4 is 23.0 Å². The Morgan fingerprint density at radius 3 is 3.08 bits per heavy atom. The van der Waals surface area contributed by atoms with Crippen molar-refractivity contribution in [1.82, 2.24) is 4.98 Å². The number of aromatic nitrogens is 1. The van der Waals surface area contributed by atoms with Gasteiger partial charge in [-0.15, -0.1) is 0 Å². The van der Waals surface area contributed by atoms with Gasteiger partial charge in [-0.1, -0.05) is 18.2 Å². The molecule has 0 saturated carbocycles. The first-order valence-electron chi connectivity index (χ1n) is 3.65. The van der Waals surface area contributed by atoms with Crippen LogP contribution >= 0.6 is 11.6 Å². The first-order chi connectivity index (χ1) is 6.11. The van der Waals surface area contributed by atoms with Gasteiger partial charge in [-0.25, -0.2) is 0 Å². The lowest BCUT2D eigenvalue weighted by molar-refractivity contribution is 1.22. The molecule has 13 heavy (non-hydrogen) atoms. The van der Waals surface area contributed by atoms with Crippen LogP contribution in [0.5, 0.6) is 0 Å². The van der Waals surface area contributed by atoms with Crippen molar-refractivity contribution in [2.75, 3.05) is 17.6 Å². The summed E-state index contributed by atoms with van der Waals surface area (Å²) in [5.41, 5.74) is 5.89. The fraction of sp³-hybridized carbons (Fsp3) is 0.125. The average Bonchev–Trinajstić information content (AvgIpc) is 2.07. The Bertz CT molecular complexity index is 372. The van der Waals surface area contributed by atoms with E-state index in [9.17, 15) is 4.79 Å². The molecule has 0 fully saturated rings. The van der Waals surface area contributed by atoms with E-state index in [1.807, 2.05) is 0 Å². The van der Waals surface area contributed by atoms with Crippen molar-refractivity contribution in [2.24, 2.45) is 0 Å². The zero-order chi connectivity index (χ0) is 9.84. The molecule has 0 radical (unpaired) electrons. The summed E-state index contributed by atoms with van der Waals surface area (Å²) in [6, 6.07) is 1.66. The van der Waals surface area contributed by atoms with E-state index >= 15 is 0 Å². The Balaban J connectivity index is 2.83. The van der Waals surface area contributed by atoms with Gasteiger partial charge in [-0.3, -0.25) is 4.79 Å². The molecule has 70 valence electrons. The Morgan fingerprint density at radius 2 is 2.46 bits per heavy atom. The van der Waals surface area contributed by atoms with Gasteiger partial charge in [-0.05, 0) is 6.07 Å². The van der Waals surface area contributed by atoms with E-state index in [1.54, 1.807) is 6.07 Å². The van der Waals surface area contributed by atoms with Crippen molar-refractivity contribution in [2.45, 2.75) is 0 Å². The Morgan fingerprint density at radius 1 is 1.77 bits per heavy atom. The Kier molecular flexibility index (Phi) is 2.97. The minimum Gasteiger partial charge on any atom is -0.393 e. The highest BCUT2D eigenvalue weighted by molar-refractivity contribution is 6.29. The zero-order valence-corrected chi connectivity index (χ0v) is 7.69. The lowest BCUT2D eigenvalue weighted by Crippen LogP contribution is -2.14. The molecular formula is C8H10ClN3O. The van der Waals surface area contributed by atoms with Gasteiger partial charge in [0.2, 0.25) is 0 Å². The Labute approximate surface area is 80.4 Å². The minimum absolute atomic E-state index is 0.153. The van der Waals surface area contributed by atoms with Crippen LogP contribution in [0.1, 0.15) is 0 Å². The third kappa shape index (κ3) is 2.52. The molecule has 1 aromatic heterocycles. The summed E-state index contributed by atoms with van der Waals surface area (Å²) >= 11 is 5.54. The summed E-state index contributed by atoms with van der Waals surface area (Å²) in [5, 5.41) is 3.33. The van der Waals surface area contributed by atoms with E-state index in [4.69, 9.17) is 17.3 Å². The number of nitrogen functional groups attached to an aromatic ring is 1. The lowest BCUT2D eigenvalue weighted by atomic mass is 10.3. The molecule has 4 nitrogen and oxygen atoms in total. The summed E-state index contributed by atoms with van der Waals surface area (Å²) < 4.78 is 0. The summed E-state index contributed by atoms with van der Waals surface area (Å²) in [7, 11) is 0. The fourth-order valence-electron chi connectivity index (χ4n) is 0.836. The van der Waals surface area contributed by atoms with Crippen molar-refractivity contribution in [3.05, 3.63) is 34.2 Å². The molecule has 1 heterocycles. The normalized spacial score (nSPS) is 9.62. The number of nitrogens with one attached hydrogen (secondary N) is 2. The topological polar surface area (TPSA) is 70.9 Å². The van der Waals surface area contributed by atoms with E-state index in [0.29, 0.717) is 17.3 Å². The van der Waals surface area contributed by atoms with Gasteiger partial charge < -0.3 is 16.0 Å². The molecule has 0 bridgehead atoms. The van der Waals surface area contributed by atoms with E-state index < -0.39 is 0 Å². The number of aromatic amines is 1. The number of nitrogens with two attached hydrogens (primary N) is 1. The molecule has 0 atom stereocenters. The predicted octanol–water partition coefficient (Wildman–Crippen LogP) is 1.12. The quantitative estimate of drug-likeness (QED) is 0.683. The maximum Gasteiger partial charge on any atom is 0.273 e. The van der Waals surface area contributed by atoms with Crippen LogP contribution in [-0.2, 0) is 0 Å². The molecule has 1 aromatic rings. The van der Waals surface area contributed by atoms with Crippen LogP contribution in [0, 0.1) is 0 Å². The summed E-state index contributed by atoms with van der Waals surface area (Å²) in [6.45, 7) is 3.88. The van der Waals surface area contributed by atoms with Gasteiger partial charge in [0.05, 0.1) is 12.2 Å². The average molecular weight is 200 g/mol. The minimum atomic E-state index is -0.315. The monoisotopic (exact) mass is 199 g/mol. The highest BCUT2D eigenvalue weighted by atomic mass is 35.5. The number of pyridine rings is 1. The molecule has 0 aliphatic carbocycles. The number of H-pyrrole nitrogens is 1. The number of anilines is 2. The van der Waals surface area contributed by atoms with Gasteiger partial charge in [0.1, 0.15) is 5.69 Å². The largest absolute Gasteiger partial charge is 0.393 e. The molecule has 1 rings (SSSR count). The number of halogens is 1. The van der Waals surface area contributed by atoms with Gasteiger partial charge in [0, 0.05) is 11.2 Å². The molecule has 0 aliphatic rings. The molecule has 0 aromatic carbocycles. The third-order valence-corrected chi connectivity index (χ3v) is 1.60. The van der Waals surface area contributed by atoms with Gasteiger partial charge >= 0.3 is 0 Å². The van der Waals surface area contributed by atoms with Crippen LogP contribution in [0.4, 0.5) is 11.4 Å². The van der Waals surface area contributed by atoms with Crippen LogP contribution < -0.4 is 16.6 Å². The lowest BCUT2D eigenvalue weighted by Gasteiger charge is -2.06. The smallest absolute Gasteiger partial charge is 0.273 e. The SMILES string of the molecule is C=C(Cl)CNc1cc[nH]c(=O)c1N. The Hall–Kier alpha value is -1.42. The molecule has 0 aliphatic heterocycles. The second-order valence-corrected chi connectivity index (χ2v) is 3.04. The standard InChI is InChI=1S/C8H10ClN3O/c1-5(9)4-12-6-2-3-11-8(13)7(6)10/h2-3H,1,4,10H2,(H2,11,12,13). The second kappa shape index (κ2) is 4.00. The van der Waals surface area contributed by atoms with E-state index in [0.717, 1.165) is 0 Å². The summed E-state index contributed by atoms with van der Waals surface area (Å²) in [5.74, 6) is 0. The summed E-state index contributed by atoms with van der Waals surface area (Å²) in [6.07, 6.45) is 1.51. The first-order valence-corrected chi connectivity index (χ1v) is 4.03. The van der Waals surface area contributed by atoms with E-state index in [1.165, 1.54) is 6.20 Å². The molecule has 0 amide bonds. The van der Waals surface area contributed by atoms with Crippen molar-refractivity contribution in [1.29, 1.82) is 0 Å². The number of rotatable bonds is 3. The van der Waals surface area contributed by atoms with Crippen LogP contribution in [0.2, 0.25) is 0 Å². The third-order valence-electron chi connectivity index (χ3n) is 1.47. The zero-order valence-electron chi connectivity index (χ0n) is 6.93.